The molecule has 0 saturated heterocycles. The third kappa shape index (κ3) is 6.14. The number of hydrogen-bond acceptors (Lipinski definition) is 2. The van der Waals surface area contributed by atoms with Crippen LogP contribution in [-0.2, 0) is 5.41 Å². The molecule has 4 aromatic rings. The monoisotopic (exact) mass is 647 g/mol. The Bertz CT molecular complexity index is 1870. The third-order valence-electron chi connectivity index (χ3n) is 10.7. The molecule has 0 spiro atoms. The molecule has 0 aliphatic rings. The summed E-state index contributed by atoms with van der Waals surface area (Å²) in [5, 5.41) is 1.13. The summed E-state index contributed by atoms with van der Waals surface area (Å²) in [4.78, 5) is 3.48. The summed E-state index contributed by atoms with van der Waals surface area (Å²) in [5.41, 5.74) is 21.7. The van der Waals surface area contributed by atoms with Gasteiger partial charge in [0.2, 0.25) is 0 Å². The molecule has 16 heteroatoms. The van der Waals surface area contributed by atoms with Crippen LogP contribution >= 0.6 is 35.0 Å². The molecule has 0 amide bonds. The van der Waals surface area contributed by atoms with Crippen LogP contribution in [0.2, 0.25) is 10.0 Å². The summed E-state index contributed by atoms with van der Waals surface area (Å²) in [7, 11) is 29.3. The fourth-order valence-electron chi connectivity index (χ4n) is 6.94. The predicted molar refractivity (Wildman–Crippen MR) is 249 cm³/mol. The van der Waals surface area contributed by atoms with E-state index in [9.17, 15) is 0 Å². The van der Waals surface area contributed by atoms with Gasteiger partial charge in [-0.25, -0.2) is 0 Å². The zero-order valence-electron chi connectivity index (χ0n) is 30.6. The molecule has 0 fully saturated rings. The van der Waals surface area contributed by atoms with Crippen molar-refractivity contribution in [2.45, 2.75) is 31.1 Å². The Morgan fingerprint density at radius 2 is 1.04 bits per heavy atom. The summed E-state index contributed by atoms with van der Waals surface area (Å²) < 4.78 is 0. The molecule has 0 aromatic heterocycles. The van der Waals surface area contributed by atoms with E-state index in [1.165, 1.54) is 65.3 Å². The van der Waals surface area contributed by atoms with Gasteiger partial charge in [-0.1, -0.05) is 0 Å². The molecule has 0 radical (unpaired) electrons. The minimum absolute atomic E-state index is 0.0310. The van der Waals surface area contributed by atoms with Crippen molar-refractivity contribution in [2.24, 2.45) is 0 Å². The quantitative estimate of drug-likeness (QED) is 0.152. The number of rotatable bonds is 6. The molecule has 0 saturated carbocycles. The molecule has 0 bridgehead atoms. The van der Waals surface area contributed by atoms with Gasteiger partial charge in [0.05, 0.1) is 0 Å². The number of hydrogen-bond donors (Lipinski definition) is 0. The second-order valence-electron chi connectivity index (χ2n) is 14.1. The van der Waals surface area contributed by atoms with Crippen LogP contribution in [0.3, 0.4) is 0 Å². The number of benzene rings is 4. The van der Waals surface area contributed by atoms with Crippen LogP contribution in [0.25, 0.3) is 11.1 Å². The Morgan fingerprint density at radius 3 is 1.52 bits per heavy atom. The SMILES string of the molecule is B=C(c1c(B)c(-c2c(B)c(B)c(B)c(B)c2B)c(B)c(B)c1SC)N(c1ccc(C(C)(C)C)cc1)c1c(B)c(B)c(B)c(Cl)c1Cl. The van der Waals surface area contributed by atoms with Crippen LogP contribution in [0, 0.1) is 0 Å². The van der Waals surface area contributed by atoms with E-state index >= 15 is 0 Å². The Kier molecular flexibility index (Phi) is 11.0. The summed E-state index contributed by atoms with van der Waals surface area (Å²) in [6, 6.07) is 8.84. The van der Waals surface area contributed by atoms with Crippen molar-refractivity contribution in [3.05, 3.63) is 45.4 Å². The van der Waals surface area contributed by atoms with E-state index in [4.69, 9.17) is 30.7 Å². The van der Waals surface area contributed by atoms with Crippen molar-refractivity contribution in [1.82, 2.24) is 0 Å². The fraction of sp³-hybridized carbons (Fsp3) is 0.167. The van der Waals surface area contributed by atoms with Crippen LogP contribution in [0.1, 0.15) is 31.9 Å². The standard InChI is InChI=1S/C30H39B12Cl2NS/c1-30(2,3)9-5-7-10(8-6-9)45(27-23(40)21(38)22(39)25(43)26(27)44)29(42)13-14(31)11(17(34)24(41)28(13)46-4)12-15(32)18(35)20(37)19(36)16(12)33/h5-8,42H,31-41H2,1-4H3. The first-order valence-corrected chi connectivity index (χ1v) is 18.1. The second-order valence-corrected chi connectivity index (χ2v) is 15.7. The molecule has 4 rings (SSSR count). The molecule has 46 heavy (non-hydrogen) atoms. The molecule has 4 aromatic carbocycles. The second kappa shape index (κ2) is 13.6. The zero-order chi connectivity index (χ0) is 34.7. The first kappa shape index (κ1) is 37.1. The van der Waals surface area contributed by atoms with Crippen molar-refractivity contribution in [3.63, 3.8) is 0 Å². The van der Waals surface area contributed by atoms with Crippen molar-refractivity contribution in [2.75, 3.05) is 11.2 Å². The summed E-state index contributed by atoms with van der Waals surface area (Å²) in [6.45, 7) is 6.73. The van der Waals surface area contributed by atoms with Gasteiger partial charge in [0, 0.05) is 0 Å². The molecule has 0 atom stereocenters. The number of nitrogens with zero attached hydrogens (tertiary/aromatic N) is 1. The van der Waals surface area contributed by atoms with Gasteiger partial charge in [0.1, 0.15) is 0 Å². The van der Waals surface area contributed by atoms with Gasteiger partial charge in [-0.15, -0.1) is 0 Å². The van der Waals surface area contributed by atoms with E-state index in [2.05, 4.69) is 135 Å². The third-order valence-corrected chi connectivity index (χ3v) is 12.5. The summed E-state index contributed by atoms with van der Waals surface area (Å²) in [5.74, 6) is 0. The van der Waals surface area contributed by atoms with Crippen molar-refractivity contribution >= 4 is 206 Å². The van der Waals surface area contributed by atoms with E-state index in [1.54, 1.807) is 11.8 Å². The predicted octanol–water partition coefficient (Wildman–Crippen LogP) is -10.3. The maximum atomic E-state index is 7.22. The van der Waals surface area contributed by atoms with Crippen LogP contribution in [0.5, 0.6) is 0 Å². The Hall–Kier alpha value is -1.74. The summed E-state index contributed by atoms with van der Waals surface area (Å²) >= 11 is 16.0. The maximum absolute atomic E-state index is 7.22. The number of anilines is 2. The Labute approximate surface area is 302 Å². The van der Waals surface area contributed by atoms with E-state index < -0.39 is 0 Å². The molecule has 220 valence electrons. The van der Waals surface area contributed by atoms with Gasteiger partial charge >= 0.3 is 305 Å². The Morgan fingerprint density at radius 1 is 0.609 bits per heavy atom. The average Bonchev–Trinajstić information content (AvgIpc) is 3.01. The van der Waals surface area contributed by atoms with Gasteiger partial charge in [-0.05, 0) is 0 Å². The van der Waals surface area contributed by atoms with Gasteiger partial charge in [-0.2, -0.15) is 0 Å². The summed E-state index contributed by atoms with van der Waals surface area (Å²) in [6.07, 6.45) is 2.17. The first-order chi connectivity index (χ1) is 21.3. The van der Waals surface area contributed by atoms with Crippen molar-refractivity contribution in [3.8, 4) is 11.1 Å². The molecule has 0 aliphatic heterocycles. The van der Waals surface area contributed by atoms with Crippen LogP contribution in [0.4, 0.5) is 11.4 Å². The normalized spacial score (nSPS) is 11.5. The molecule has 0 heterocycles. The van der Waals surface area contributed by atoms with Crippen molar-refractivity contribution < 1.29 is 0 Å². The molecule has 0 aliphatic carbocycles. The molecular formula is C30H39B12Cl2NS. The topological polar surface area (TPSA) is 3.24 Å². The fourth-order valence-corrected chi connectivity index (χ4v) is 8.47. The molecular weight excluding hydrogens is 607 g/mol. The van der Waals surface area contributed by atoms with Gasteiger partial charge in [-0.3, -0.25) is 0 Å². The van der Waals surface area contributed by atoms with Crippen LogP contribution < -0.4 is 65.0 Å². The number of thioether (sulfide) groups is 1. The average molecular weight is 646 g/mol. The van der Waals surface area contributed by atoms with Gasteiger partial charge in [0.15, 0.2) is 0 Å². The molecule has 0 unspecified atom stereocenters. The number of halogens is 2. The minimum atomic E-state index is 0.0310. The van der Waals surface area contributed by atoms with E-state index in [0.717, 1.165) is 38.9 Å². The van der Waals surface area contributed by atoms with Crippen LogP contribution in [-0.4, -0.2) is 106 Å². The van der Waals surface area contributed by atoms with E-state index in [1.807, 2.05) is 7.85 Å². The first-order valence-electron chi connectivity index (χ1n) is 16.1. The van der Waals surface area contributed by atoms with Crippen LogP contribution in [0.15, 0.2) is 29.2 Å². The van der Waals surface area contributed by atoms with E-state index in [0.29, 0.717) is 10.0 Å². The van der Waals surface area contributed by atoms with Crippen molar-refractivity contribution in [1.29, 1.82) is 0 Å². The molecule has 1 nitrogen and oxygen atoms in total. The van der Waals surface area contributed by atoms with E-state index in [-0.39, 0.29) is 5.41 Å². The zero-order valence-corrected chi connectivity index (χ0v) is 33.0. The van der Waals surface area contributed by atoms with Gasteiger partial charge < -0.3 is 0 Å². The molecule has 0 N–H and O–H groups in total. The Balaban J connectivity index is 2.16. The van der Waals surface area contributed by atoms with Gasteiger partial charge in [0.25, 0.3) is 0 Å².